The minimum Gasteiger partial charge on any atom is -0.497 e. The number of carbonyl (C=O) groups excluding carboxylic acids is 1. The Morgan fingerprint density at radius 2 is 1.91 bits per heavy atom. The molecule has 0 aliphatic carbocycles. The molecule has 1 amide bonds. The first-order valence-electron chi connectivity index (χ1n) is 7.81. The van der Waals surface area contributed by atoms with E-state index in [1.807, 2.05) is 36.1 Å². The molecule has 1 aromatic rings. The number of carbonyl (C=O) groups is 1. The lowest BCUT2D eigenvalue weighted by molar-refractivity contribution is -0.154. The SMILES string of the molecule is COc1ccc(C2=NOC(C)(C(=O)N3CCCCC3)C2)cc1. The number of piperidine rings is 1. The molecule has 2 aliphatic heterocycles. The van der Waals surface area contributed by atoms with Crippen LogP contribution in [0.3, 0.4) is 0 Å². The second-order valence-electron chi connectivity index (χ2n) is 6.12. The smallest absolute Gasteiger partial charge is 0.269 e. The van der Waals surface area contributed by atoms with Crippen LogP contribution in [0.4, 0.5) is 0 Å². The largest absolute Gasteiger partial charge is 0.497 e. The van der Waals surface area contributed by atoms with Crippen molar-refractivity contribution in [1.29, 1.82) is 0 Å². The maximum Gasteiger partial charge on any atom is 0.269 e. The molecule has 0 saturated carbocycles. The van der Waals surface area contributed by atoms with Gasteiger partial charge in [0.2, 0.25) is 5.60 Å². The van der Waals surface area contributed by atoms with Crippen molar-refractivity contribution in [3.8, 4) is 5.75 Å². The molecule has 5 nitrogen and oxygen atoms in total. The predicted octanol–water partition coefficient (Wildman–Crippen LogP) is 2.59. The Balaban J connectivity index is 1.69. The Hall–Kier alpha value is -2.04. The minimum absolute atomic E-state index is 0.0551. The molecule has 22 heavy (non-hydrogen) atoms. The number of methoxy groups -OCH3 is 1. The molecule has 3 rings (SSSR count). The number of hydrogen-bond acceptors (Lipinski definition) is 4. The average Bonchev–Trinajstić information content (AvgIpc) is 2.98. The maximum atomic E-state index is 12.7. The van der Waals surface area contributed by atoms with Crippen molar-refractivity contribution >= 4 is 11.6 Å². The van der Waals surface area contributed by atoms with E-state index in [0.717, 1.165) is 43.0 Å². The van der Waals surface area contributed by atoms with Gasteiger partial charge in [-0.2, -0.15) is 0 Å². The number of ether oxygens (including phenoxy) is 1. The van der Waals surface area contributed by atoms with Gasteiger partial charge in [-0.1, -0.05) is 5.16 Å². The van der Waals surface area contributed by atoms with Crippen LogP contribution in [0.5, 0.6) is 5.75 Å². The number of likely N-dealkylation sites (tertiary alicyclic amines) is 1. The molecule has 1 atom stereocenters. The van der Waals surface area contributed by atoms with Crippen molar-refractivity contribution < 1.29 is 14.4 Å². The van der Waals surface area contributed by atoms with E-state index < -0.39 is 5.60 Å². The zero-order valence-electron chi connectivity index (χ0n) is 13.2. The molecular formula is C17H22N2O3. The highest BCUT2D eigenvalue weighted by Crippen LogP contribution is 2.30. The third-order valence-electron chi connectivity index (χ3n) is 4.38. The van der Waals surface area contributed by atoms with Crippen LogP contribution >= 0.6 is 0 Å². The summed E-state index contributed by atoms with van der Waals surface area (Å²) in [6.45, 7) is 3.50. The number of hydrogen-bond donors (Lipinski definition) is 0. The van der Waals surface area contributed by atoms with Gasteiger partial charge >= 0.3 is 0 Å². The number of amides is 1. The fourth-order valence-electron chi connectivity index (χ4n) is 3.02. The van der Waals surface area contributed by atoms with Gasteiger partial charge in [-0.25, -0.2) is 0 Å². The van der Waals surface area contributed by atoms with E-state index >= 15 is 0 Å². The quantitative estimate of drug-likeness (QED) is 0.862. The van der Waals surface area contributed by atoms with Crippen molar-refractivity contribution in [2.45, 2.75) is 38.2 Å². The van der Waals surface area contributed by atoms with Crippen molar-refractivity contribution in [2.24, 2.45) is 5.16 Å². The van der Waals surface area contributed by atoms with Gasteiger partial charge in [-0.15, -0.1) is 0 Å². The molecule has 5 heteroatoms. The van der Waals surface area contributed by atoms with E-state index in [2.05, 4.69) is 5.16 Å². The van der Waals surface area contributed by atoms with E-state index in [9.17, 15) is 4.79 Å². The monoisotopic (exact) mass is 302 g/mol. The molecule has 0 bridgehead atoms. The zero-order chi connectivity index (χ0) is 15.6. The van der Waals surface area contributed by atoms with Crippen LogP contribution in [0.1, 0.15) is 38.2 Å². The molecule has 2 aliphatic rings. The molecule has 0 radical (unpaired) electrons. The standard InChI is InChI=1S/C17H22N2O3/c1-17(16(20)19-10-4-3-5-11-19)12-15(18-22-17)13-6-8-14(21-2)9-7-13/h6-9H,3-5,10-12H2,1-2H3. The van der Waals surface area contributed by atoms with Gasteiger partial charge in [0, 0.05) is 19.5 Å². The third-order valence-corrected chi connectivity index (χ3v) is 4.38. The van der Waals surface area contributed by atoms with Crippen LogP contribution in [0, 0.1) is 0 Å². The van der Waals surface area contributed by atoms with Crippen molar-refractivity contribution in [3.05, 3.63) is 29.8 Å². The van der Waals surface area contributed by atoms with Gasteiger partial charge in [0.1, 0.15) is 5.75 Å². The molecule has 1 saturated heterocycles. The van der Waals surface area contributed by atoms with Crippen molar-refractivity contribution in [1.82, 2.24) is 4.90 Å². The lowest BCUT2D eigenvalue weighted by Crippen LogP contribution is -2.49. The highest BCUT2D eigenvalue weighted by atomic mass is 16.7. The van der Waals surface area contributed by atoms with Gasteiger partial charge in [0.15, 0.2) is 0 Å². The zero-order valence-corrected chi connectivity index (χ0v) is 13.2. The lowest BCUT2D eigenvalue weighted by Gasteiger charge is -2.32. The summed E-state index contributed by atoms with van der Waals surface area (Å²) in [5, 5.41) is 4.16. The van der Waals surface area contributed by atoms with Gasteiger partial charge in [0.25, 0.3) is 5.91 Å². The van der Waals surface area contributed by atoms with E-state index in [-0.39, 0.29) is 5.91 Å². The summed E-state index contributed by atoms with van der Waals surface area (Å²) in [6, 6.07) is 7.66. The van der Waals surface area contributed by atoms with E-state index in [1.54, 1.807) is 7.11 Å². The van der Waals surface area contributed by atoms with Crippen LogP contribution in [0.2, 0.25) is 0 Å². The summed E-state index contributed by atoms with van der Waals surface area (Å²) in [5.74, 6) is 0.856. The van der Waals surface area contributed by atoms with Gasteiger partial charge in [0.05, 0.1) is 12.8 Å². The Morgan fingerprint density at radius 3 is 2.55 bits per heavy atom. The second-order valence-corrected chi connectivity index (χ2v) is 6.12. The summed E-state index contributed by atoms with van der Waals surface area (Å²) in [6.07, 6.45) is 3.87. The molecule has 118 valence electrons. The van der Waals surface area contributed by atoms with Gasteiger partial charge in [-0.3, -0.25) is 4.79 Å². The Labute approximate surface area is 130 Å². The Kier molecular flexibility index (Phi) is 4.05. The molecule has 1 unspecified atom stereocenters. The molecule has 2 heterocycles. The molecule has 1 aromatic carbocycles. The topological polar surface area (TPSA) is 51.1 Å². The second kappa shape index (κ2) is 5.99. The number of rotatable bonds is 3. The highest BCUT2D eigenvalue weighted by molar-refractivity contribution is 6.05. The molecule has 0 N–H and O–H groups in total. The predicted molar refractivity (Wildman–Crippen MR) is 84.1 cm³/mol. The third kappa shape index (κ3) is 2.80. The normalized spacial score (nSPS) is 24.6. The van der Waals surface area contributed by atoms with Crippen molar-refractivity contribution in [2.75, 3.05) is 20.2 Å². The van der Waals surface area contributed by atoms with Crippen LogP contribution in [-0.4, -0.2) is 42.3 Å². The first-order valence-corrected chi connectivity index (χ1v) is 7.81. The van der Waals surface area contributed by atoms with Crippen LogP contribution in [-0.2, 0) is 9.63 Å². The molecule has 0 spiro atoms. The Bertz CT molecular complexity index is 576. The highest BCUT2D eigenvalue weighted by Gasteiger charge is 2.44. The number of oxime groups is 1. The first kappa shape index (κ1) is 14.9. The first-order chi connectivity index (χ1) is 10.6. The molecule has 1 fully saturated rings. The summed E-state index contributed by atoms with van der Waals surface area (Å²) in [7, 11) is 1.64. The van der Waals surface area contributed by atoms with Crippen molar-refractivity contribution in [3.63, 3.8) is 0 Å². The number of nitrogens with zero attached hydrogens (tertiary/aromatic N) is 2. The van der Waals surface area contributed by atoms with Gasteiger partial charge < -0.3 is 14.5 Å². The van der Waals surface area contributed by atoms with Crippen LogP contribution in [0.15, 0.2) is 29.4 Å². The summed E-state index contributed by atoms with van der Waals surface area (Å²) < 4.78 is 5.16. The van der Waals surface area contributed by atoms with E-state index in [0.29, 0.717) is 6.42 Å². The maximum absolute atomic E-state index is 12.7. The Morgan fingerprint density at radius 1 is 1.23 bits per heavy atom. The minimum atomic E-state index is -0.868. The summed E-state index contributed by atoms with van der Waals surface area (Å²) >= 11 is 0. The average molecular weight is 302 g/mol. The van der Waals surface area contributed by atoms with E-state index in [4.69, 9.17) is 9.57 Å². The lowest BCUT2D eigenvalue weighted by atomic mass is 9.93. The van der Waals surface area contributed by atoms with Gasteiger partial charge in [-0.05, 0) is 56.0 Å². The fourth-order valence-corrected chi connectivity index (χ4v) is 3.02. The summed E-state index contributed by atoms with van der Waals surface area (Å²) in [4.78, 5) is 20.2. The number of benzene rings is 1. The molecule has 0 aromatic heterocycles. The van der Waals surface area contributed by atoms with Crippen LogP contribution in [0.25, 0.3) is 0 Å². The molecular weight excluding hydrogens is 280 g/mol. The summed E-state index contributed by atoms with van der Waals surface area (Å²) in [5.41, 5.74) is 0.915. The van der Waals surface area contributed by atoms with Crippen LogP contribution < -0.4 is 4.74 Å². The van der Waals surface area contributed by atoms with E-state index in [1.165, 1.54) is 6.42 Å². The fraction of sp³-hybridized carbons (Fsp3) is 0.529.